The number of ether oxygens (including phenoxy) is 1. The lowest BCUT2D eigenvalue weighted by atomic mass is 10.00. The molecule has 0 bridgehead atoms. The summed E-state index contributed by atoms with van der Waals surface area (Å²) in [5, 5.41) is 20.2. The molecule has 0 spiro atoms. The van der Waals surface area contributed by atoms with E-state index < -0.39 is 11.9 Å². The summed E-state index contributed by atoms with van der Waals surface area (Å²) in [6, 6.07) is 4.29. The van der Waals surface area contributed by atoms with Gasteiger partial charge in [0, 0.05) is 48.0 Å². The predicted molar refractivity (Wildman–Crippen MR) is 188 cm³/mol. The van der Waals surface area contributed by atoms with Crippen LogP contribution >= 0.6 is 25.3 Å². The largest absolute Gasteiger partial charge is 0.481 e. The Kier molecular flexibility index (Phi) is 25.8. The van der Waals surface area contributed by atoms with E-state index in [2.05, 4.69) is 54.5 Å². The van der Waals surface area contributed by atoms with Crippen molar-refractivity contribution in [3.63, 3.8) is 0 Å². The molecule has 1 heterocycles. The second-order valence-corrected chi connectivity index (χ2v) is 12.4. The van der Waals surface area contributed by atoms with Crippen LogP contribution in [0.5, 0.6) is 0 Å². The number of carboxylic acid groups (broad SMARTS) is 2. The monoisotopic (exact) mass is 642 g/mol. The van der Waals surface area contributed by atoms with Crippen molar-refractivity contribution < 1.29 is 24.5 Å². The standard InChI is InChI=1S/C20H34N2OS2.2C7H14O2/c1-2-3-4-5-6-7-8-9-10-21-20-18(24)15-17(16-19(20)25)22-11-13-23-14-12-22;2*1-3-6(4-2)5-7(8)9/h15-16,21,24-25H,2-14H2,1H3;2*6H,3-5H2,1-2H3,(H,8,9). The molecular formula is C34H62N2O5S2. The van der Waals surface area contributed by atoms with Crippen molar-refractivity contribution in [2.75, 3.05) is 43.1 Å². The zero-order chi connectivity index (χ0) is 32.5. The number of anilines is 2. The maximum Gasteiger partial charge on any atom is 0.303 e. The van der Waals surface area contributed by atoms with Gasteiger partial charge >= 0.3 is 11.9 Å². The summed E-state index contributed by atoms with van der Waals surface area (Å²) in [6.07, 6.45) is 15.3. The van der Waals surface area contributed by atoms with Crippen LogP contribution in [0, 0.1) is 11.8 Å². The number of nitrogens with one attached hydrogen (secondary N) is 1. The molecule has 9 heteroatoms. The van der Waals surface area contributed by atoms with E-state index in [1.807, 2.05) is 27.7 Å². The minimum Gasteiger partial charge on any atom is -0.481 e. The highest BCUT2D eigenvalue weighted by atomic mass is 32.1. The maximum atomic E-state index is 10.1. The lowest BCUT2D eigenvalue weighted by molar-refractivity contribution is -0.139. The van der Waals surface area contributed by atoms with Crippen LogP contribution in [0.15, 0.2) is 21.9 Å². The minimum atomic E-state index is -0.677. The third kappa shape index (κ3) is 20.9. The molecule has 0 aromatic heterocycles. The van der Waals surface area contributed by atoms with E-state index in [9.17, 15) is 9.59 Å². The van der Waals surface area contributed by atoms with Crippen molar-refractivity contribution in [1.82, 2.24) is 0 Å². The number of benzene rings is 1. The van der Waals surface area contributed by atoms with Crippen LogP contribution in [-0.4, -0.2) is 55.0 Å². The summed E-state index contributed by atoms with van der Waals surface area (Å²) >= 11 is 9.36. The van der Waals surface area contributed by atoms with E-state index in [-0.39, 0.29) is 0 Å². The molecule has 0 amide bonds. The Balaban J connectivity index is 0.000000804. The Morgan fingerprint density at radius 1 is 0.767 bits per heavy atom. The molecule has 0 atom stereocenters. The molecule has 0 radical (unpaired) electrons. The zero-order valence-corrected chi connectivity index (χ0v) is 29.5. The topological polar surface area (TPSA) is 99.1 Å². The molecule has 7 nitrogen and oxygen atoms in total. The summed E-state index contributed by atoms with van der Waals surface area (Å²) < 4.78 is 5.43. The summed E-state index contributed by atoms with van der Waals surface area (Å²) in [5.41, 5.74) is 2.25. The van der Waals surface area contributed by atoms with Gasteiger partial charge in [-0.3, -0.25) is 9.59 Å². The van der Waals surface area contributed by atoms with Crippen LogP contribution in [0.3, 0.4) is 0 Å². The highest BCUT2D eigenvalue weighted by Crippen LogP contribution is 2.33. The first-order valence-corrected chi connectivity index (χ1v) is 17.6. The number of nitrogens with zero attached hydrogens (tertiary/aromatic N) is 1. The Bertz CT molecular complexity index is 810. The molecule has 1 saturated heterocycles. The third-order valence-corrected chi connectivity index (χ3v) is 8.73. The Morgan fingerprint density at radius 2 is 1.19 bits per heavy atom. The summed E-state index contributed by atoms with van der Waals surface area (Å²) in [7, 11) is 0. The van der Waals surface area contributed by atoms with Gasteiger partial charge in [-0.1, -0.05) is 105 Å². The van der Waals surface area contributed by atoms with E-state index in [1.165, 1.54) is 57.1 Å². The molecule has 250 valence electrons. The molecule has 0 aliphatic carbocycles. The molecule has 1 aliphatic heterocycles. The highest BCUT2D eigenvalue weighted by Gasteiger charge is 2.14. The molecule has 1 aromatic rings. The first-order chi connectivity index (χ1) is 20.6. The van der Waals surface area contributed by atoms with E-state index in [0.29, 0.717) is 24.7 Å². The minimum absolute atomic E-state index is 0.326. The van der Waals surface area contributed by atoms with Crippen molar-refractivity contribution >= 4 is 48.6 Å². The summed E-state index contributed by atoms with van der Waals surface area (Å²) in [6.45, 7) is 14.8. The number of rotatable bonds is 19. The van der Waals surface area contributed by atoms with Crippen LogP contribution in [0.1, 0.15) is 125 Å². The van der Waals surface area contributed by atoms with Crippen LogP contribution in [0.4, 0.5) is 11.4 Å². The van der Waals surface area contributed by atoms with Gasteiger partial charge < -0.3 is 25.2 Å². The fraction of sp³-hybridized carbons (Fsp3) is 0.765. The van der Waals surface area contributed by atoms with Crippen LogP contribution in [0.2, 0.25) is 0 Å². The number of aliphatic carboxylic acids is 2. The quantitative estimate of drug-likeness (QED) is 0.0757. The normalized spacial score (nSPS) is 12.8. The van der Waals surface area contributed by atoms with Crippen molar-refractivity contribution in [2.45, 2.75) is 134 Å². The molecule has 1 aromatic carbocycles. The van der Waals surface area contributed by atoms with Gasteiger partial charge in [-0.15, -0.1) is 25.3 Å². The van der Waals surface area contributed by atoms with E-state index in [4.69, 9.17) is 14.9 Å². The van der Waals surface area contributed by atoms with Crippen molar-refractivity contribution in [3.05, 3.63) is 12.1 Å². The number of thiol groups is 2. The molecular weight excluding hydrogens is 581 g/mol. The number of morpholine rings is 1. The highest BCUT2D eigenvalue weighted by molar-refractivity contribution is 7.81. The van der Waals surface area contributed by atoms with Crippen LogP contribution in [-0.2, 0) is 14.3 Å². The smallest absolute Gasteiger partial charge is 0.303 e. The average molecular weight is 643 g/mol. The van der Waals surface area contributed by atoms with Crippen molar-refractivity contribution in [1.29, 1.82) is 0 Å². The second kappa shape index (κ2) is 26.8. The lowest BCUT2D eigenvalue weighted by Crippen LogP contribution is -2.36. The van der Waals surface area contributed by atoms with Gasteiger partial charge in [0.15, 0.2) is 0 Å². The summed E-state index contributed by atoms with van der Waals surface area (Å²) in [4.78, 5) is 24.6. The van der Waals surface area contributed by atoms with Gasteiger partial charge in [0.05, 0.1) is 18.9 Å². The Hall–Kier alpha value is -1.58. The molecule has 0 unspecified atom stereocenters. The number of hydrogen-bond donors (Lipinski definition) is 5. The lowest BCUT2D eigenvalue weighted by Gasteiger charge is -2.29. The van der Waals surface area contributed by atoms with Gasteiger partial charge in [-0.2, -0.15) is 0 Å². The number of unbranched alkanes of at least 4 members (excludes halogenated alkanes) is 7. The zero-order valence-electron chi connectivity index (χ0n) is 27.7. The number of carboxylic acids is 2. The first-order valence-electron chi connectivity index (χ1n) is 16.7. The molecule has 0 saturated carbocycles. The molecule has 1 aliphatic rings. The second-order valence-electron chi connectivity index (χ2n) is 11.4. The van der Waals surface area contributed by atoms with E-state index >= 15 is 0 Å². The van der Waals surface area contributed by atoms with E-state index in [0.717, 1.165) is 74.0 Å². The average Bonchev–Trinajstić information content (AvgIpc) is 2.99. The van der Waals surface area contributed by atoms with E-state index in [1.54, 1.807) is 0 Å². The van der Waals surface area contributed by atoms with Gasteiger partial charge in [-0.25, -0.2) is 0 Å². The van der Waals surface area contributed by atoms with Gasteiger partial charge in [0.1, 0.15) is 0 Å². The van der Waals surface area contributed by atoms with Gasteiger partial charge in [0.25, 0.3) is 0 Å². The Morgan fingerprint density at radius 3 is 1.56 bits per heavy atom. The van der Waals surface area contributed by atoms with Gasteiger partial charge in [0.2, 0.25) is 0 Å². The van der Waals surface area contributed by atoms with Crippen LogP contribution in [0.25, 0.3) is 0 Å². The molecule has 3 N–H and O–H groups in total. The number of hydrogen-bond acceptors (Lipinski definition) is 7. The number of carbonyl (C=O) groups is 2. The SMILES string of the molecule is CCC(CC)CC(=O)O.CCC(CC)CC(=O)O.CCCCCCCCCCNc1c(S)cc(N2CCOCC2)cc1S. The fourth-order valence-corrected chi connectivity index (χ4v) is 5.66. The maximum absolute atomic E-state index is 10.1. The Labute approximate surface area is 273 Å². The third-order valence-electron chi connectivity index (χ3n) is 8.03. The molecule has 43 heavy (non-hydrogen) atoms. The van der Waals surface area contributed by atoms with Crippen molar-refractivity contribution in [3.8, 4) is 0 Å². The van der Waals surface area contributed by atoms with Crippen LogP contribution < -0.4 is 10.2 Å². The first kappa shape index (κ1) is 41.4. The summed E-state index contributed by atoms with van der Waals surface area (Å²) in [5.74, 6) is -0.600. The predicted octanol–water partition coefficient (Wildman–Crippen LogP) is 9.45. The fourth-order valence-electron chi connectivity index (χ4n) is 4.90. The van der Waals surface area contributed by atoms with Crippen molar-refractivity contribution in [2.24, 2.45) is 11.8 Å². The molecule has 2 rings (SSSR count). The molecule has 1 fully saturated rings. The van der Waals surface area contributed by atoms with Gasteiger partial charge in [-0.05, 0) is 30.4 Å².